The Bertz CT molecular complexity index is 618. The second-order valence-electron chi connectivity index (χ2n) is 8.00. The Hall–Kier alpha value is -1.89. The molecule has 2 amide bonds. The van der Waals surface area contributed by atoms with E-state index < -0.39 is 6.10 Å². The molecule has 150 valence electrons. The van der Waals surface area contributed by atoms with Crippen molar-refractivity contribution in [2.75, 3.05) is 6.54 Å². The van der Waals surface area contributed by atoms with Gasteiger partial charge in [-0.3, -0.25) is 14.3 Å². The summed E-state index contributed by atoms with van der Waals surface area (Å²) in [6, 6.07) is 0.269. The summed E-state index contributed by atoms with van der Waals surface area (Å²) >= 11 is 0. The highest BCUT2D eigenvalue weighted by Gasteiger charge is 2.22. The van der Waals surface area contributed by atoms with Crippen LogP contribution in [0.2, 0.25) is 0 Å². The van der Waals surface area contributed by atoms with E-state index in [4.69, 9.17) is 0 Å². The van der Waals surface area contributed by atoms with Crippen LogP contribution in [0, 0.1) is 5.92 Å². The lowest BCUT2D eigenvalue weighted by Gasteiger charge is -2.26. The Morgan fingerprint density at radius 2 is 1.78 bits per heavy atom. The molecule has 2 saturated carbocycles. The summed E-state index contributed by atoms with van der Waals surface area (Å²) < 4.78 is 1.49. The molecule has 1 heterocycles. The molecule has 2 aliphatic rings. The van der Waals surface area contributed by atoms with E-state index in [9.17, 15) is 14.7 Å². The molecule has 0 bridgehead atoms. The zero-order valence-corrected chi connectivity index (χ0v) is 16.0. The van der Waals surface area contributed by atoms with Crippen LogP contribution in [0.25, 0.3) is 0 Å². The van der Waals surface area contributed by atoms with Gasteiger partial charge in [-0.05, 0) is 31.6 Å². The molecule has 0 spiro atoms. The van der Waals surface area contributed by atoms with Crippen molar-refractivity contribution in [1.82, 2.24) is 20.4 Å². The van der Waals surface area contributed by atoms with Gasteiger partial charge in [0.25, 0.3) is 5.91 Å². The zero-order chi connectivity index (χ0) is 19.1. The molecule has 3 N–H and O–H groups in total. The number of nitrogens with one attached hydrogen (secondary N) is 2. The number of aromatic nitrogens is 2. The second kappa shape index (κ2) is 9.88. The number of rotatable bonds is 7. The van der Waals surface area contributed by atoms with Gasteiger partial charge in [-0.25, -0.2) is 0 Å². The molecule has 1 aromatic rings. The topological polar surface area (TPSA) is 96.2 Å². The zero-order valence-electron chi connectivity index (χ0n) is 16.0. The molecular formula is C20H32N4O3. The Balaban J connectivity index is 1.42. The quantitative estimate of drug-likeness (QED) is 0.678. The van der Waals surface area contributed by atoms with Crippen LogP contribution in [0.4, 0.5) is 0 Å². The fourth-order valence-electron chi connectivity index (χ4n) is 4.22. The monoisotopic (exact) mass is 376 g/mol. The van der Waals surface area contributed by atoms with Gasteiger partial charge >= 0.3 is 0 Å². The number of amides is 2. The van der Waals surface area contributed by atoms with Crippen molar-refractivity contribution in [3.63, 3.8) is 0 Å². The molecular weight excluding hydrogens is 344 g/mol. The maximum absolute atomic E-state index is 12.3. The van der Waals surface area contributed by atoms with Crippen molar-refractivity contribution in [3.05, 3.63) is 18.0 Å². The second-order valence-corrected chi connectivity index (χ2v) is 8.00. The Morgan fingerprint density at radius 3 is 2.48 bits per heavy atom. The van der Waals surface area contributed by atoms with Gasteiger partial charge in [0.05, 0.1) is 17.9 Å². The highest BCUT2D eigenvalue weighted by atomic mass is 16.3. The molecule has 3 rings (SSSR count). The first-order chi connectivity index (χ1) is 13.1. The van der Waals surface area contributed by atoms with Crippen LogP contribution in [-0.2, 0) is 11.3 Å². The number of carbonyl (C=O) groups is 2. The summed E-state index contributed by atoms with van der Waals surface area (Å²) in [6.07, 6.45) is 13.9. The van der Waals surface area contributed by atoms with Crippen LogP contribution < -0.4 is 10.6 Å². The van der Waals surface area contributed by atoms with E-state index in [1.807, 2.05) is 0 Å². The standard InChI is InChI=1S/C20H32N4O3/c25-18(15-7-3-1-4-8-15)12-21-20(27)16-11-22-24(13-16)14-19(26)23-17-9-5-2-6-10-17/h11,13,15,17-18,25H,1-10,12,14H2,(H,21,27)(H,23,26). The minimum atomic E-state index is -0.495. The molecule has 2 aliphatic carbocycles. The molecule has 1 unspecified atom stereocenters. The van der Waals surface area contributed by atoms with Crippen molar-refractivity contribution < 1.29 is 14.7 Å². The molecule has 0 aliphatic heterocycles. The van der Waals surface area contributed by atoms with Gasteiger partial charge in [0.15, 0.2) is 0 Å². The van der Waals surface area contributed by atoms with E-state index >= 15 is 0 Å². The average Bonchev–Trinajstić information content (AvgIpc) is 3.15. The number of carbonyl (C=O) groups excluding carboxylic acids is 2. The van der Waals surface area contributed by atoms with Gasteiger partial charge in [-0.1, -0.05) is 38.5 Å². The summed E-state index contributed by atoms with van der Waals surface area (Å²) in [5.41, 5.74) is 0.413. The third-order valence-corrected chi connectivity index (χ3v) is 5.84. The lowest BCUT2D eigenvalue weighted by atomic mass is 9.85. The highest BCUT2D eigenvalue weighted by molar-refractivity contribution is 5.93. The van der Waals surface area contributed by atoms with Crippen LogP contribution >= 0.6 is 0 Å². The first-order valence-corrected chi connectivity index (χ1v) is 10.4. The van der Waals surface area contributed by atoms with E-state index in [1.165, 1.54) is 36.6 Å². The summed E-state index contributed by atoms with van der Waals surface area (Å²) in [4.78, 5) is 24.4. The molecule has 1 aromatic heterocycles. The largest absolute Gasteiger partial charge is 0.391 e. The molecule has 0 saturated heterocycles. The van der Waals surface area contributed by atoms with Crippen LogP contribution in [0.5, 0.6) is 0 Å². The van der Waals surface area contributed by atoms with Crippen LogP contribution in [0.3, 0.4) is 0 Å². The van der Waals surface area contributed by atoms with Crippen LogP contribution in [0.1, 0.15) is 74.6 Å². The smallest absolute Gasteiger partial charge is 0.254 e. The molecule has 0 aromatic carbocycles. The van der Waals surface area contributed by atoms with Gasteiger partial charge in [0.1, 0.15) is 6.54 Å². The maximum Gasteiger partial charge on any atom is 0.254 e. The Labute approximate surface area is 160 Å². The van der Waals surface area contributed by atoms with Gasteiger partial charge in [0.2, 0.25) is 5.91 Å². The fraction of sp³-hybridized carbons (Fsp3) is 0.750. The summed E-state index contributed by atoms with van der Waals surface area (Å²) in [7, 11) is 0. The van der Waals surface area contributed by atoms with Gasteiger partial charge in [-0.2, -0.15) is 5.10 Å². The van der Waals surface area contributed by atoms with E-state index in [-0.39, 0.29) is 36.9 Å². The molecule has 7 nitrogen and oxygen atoms in total. The molecule has 0 radical (unpaired) electrons. The van der Waals surface area contributed by atoms with E-state index in [1.54, 1.807) is 6.20 Å². The Morgan fingerprint density at radius 1 is 1.11 bits per heavy atom. The summed E-state index contributed by atoms with van der Waals surface area (Å²) in [5, 5.41) is 20.2. The number of hydrogen-bond acceptors (Lipinski definition) is 4. The Kier molecular flexibility index (Phi) is 7.26. The molecule has 27 heavy (non-hydrogen) atoms. The minimum Gasteiger partial charge on any atom is -0.391 e. The third-order valence-electron chi connectivity index (χ3n) is 5.84. The van der Waals surface area contributed by atoms with E-state index in [2.05, 4.69) is 15.7 Å². The van der Waals surface area contributed by atoms with E-state index in [0.717, 1.165) is 38.5 Å². The lowest BCUT2D eigenvalue weighted by molar-refractivity contribution is -0.122. The summed E-state index contributed by atoms with van der Waals surface area (Å²) in [6.45, 7) is 0.380. The number of aliphatic hydroxyl groups is 1. The minimum absolute atomic E-state index is 0.0651. The maximum atomic E-state index is 12.3. The van der Waals surface area contributed by atoms with Crippen molar-refractivity contribution in [3.8, 4) is 0 Å². The lowest BCUT2D eigenvalue weighted by Crippen LogP contribution is -2.38. The van der Waals surface area contributed by atoms with E-state index in [0.29, 0.717) is 5.56 Å². The average molecular weight is 377 g/mol. The number of hydrogen-bond donors (Lipinski definition) is 3. The van der Waals surface area contributed by atoms with Crippen molar-refractivity contribution in [2.45, 2.75) is 82.9 Å². The normalized spacial score (nSPS) is 20.2. The SMILES string of the molecule is O=C(Cn1cc(C(=O)NCC(O)C2CCCCC2)cn1)NC1CCCCC1. The van der Waals surface area contributed by atoms with Crippen molar-refractivity contribution >= 4 is 11.8 Å². The summed E-state index contributed by atoms with van der Waals surface area (Å²) in [5.74, 6) is -0.0428. The predicted molar refractivity (Wildman–Crippen MR) is 102 cm³/mol. The fourth-order valence-corrected chi connectivity index (χ4v) is 4.22. The first-order valence-electron chi connectivity index (χ1n) is 10.4. The van der Waals surface area contributed by atoms with Crippen LogP contribution in [0.15, 0.2) is 12.4 Å². The first kappa shape index (κ1) is 19.9. The molecule has 2 fully saturated rings. The van der Waals surface area contributed by atoms with Crippen molar-refractivity contribution in [1.29, 1.82) is 0 Å². The number of nitrogens with zero attached hydrogens (tertiary/aromatic N) is 2. The number of aliphatic hydroxyl groups excluding tert-OH is 1. The molecule has 7 heteroatoms. The van der Waals surface area contributed by atoms with Gasteiger partial charge in [-0.15, -0.1) is 0 Å². The van der Waals surface area contributed by atoms with Crippen molar-refractivity contribution in [2.24, 2.45) is 5.92 Å². The van der Waals surface area contributed by atoms with Gasteiger partial charge < -0.3 is 15.7 Å². The molecule has 1 atom stereocenters. The van der Waals surface area contributed by atoms with Gasteiger partial charge in [0, 0.05) is 18.8 Å². The third kappa shape index (κ3) is 6.06. The highest BCUT2D eigenvalue weighted by Crippen LogP contribution is 2.26. The van der Waals surface area contributed by atoms with Crippen LogP contribution in [-0.4, -0.2) is 45.4 Å². The predicted octanol–water partition coefficient (Wildman–Crippen LogP) is 2.00.